The van der Waals surface area contributed by atoms with Crippen LogP contribution in [0, 0.1) is 0 Å². The number of nitrogens with one attached hydrogen (secondary N) is 1. The van der Waals surface area contributed by atoms with E-state index in [-0.39, 0.29) is 5.89 Å². The van der Waals surface area contributed by atoms with E-state index in [1.807, 2.05) is 35.9 Å². The van der Waals surface area contributed by atoms with Crippen LogP contribution in [-0.2, 0) is 7.05 Å². The van der Waals surface area contributed by atoms with Gasteiger partial charge in [0.25, 0.3) is 5.89 Å². The van der Waals surface area contributed by atoms with E-state index in [1.54, 1.807) is 0 Å². The number of benzene rings is 1. The van der Waals surface area contributed by atoms with Gasteiger partial charge in [0.05, 0.1) is 11.0 Å². The summed E-state index contributed by atoms with van der Waals surface area (Å²) >= 11 is 0. The molecule has 2 heterocycles. The van der Waals surface area contributed by atoms with Crippen molar-refractivity contribution in [2.75, 3.05) is 0 Å². The normalized spacial score (nSPS) is 11.1. The van der Waals surface area contributed by atoms with Crippen LogP contribution in [-0.4, -0.2) is 19.7 Å². The number of fused-ring (bicyclic) bond motifs is 1. The number of aromatic nitrogens is 4. The van der Waals surface area contributed by atoms with E-state index in [0.717, 1.165) is 11.0 Å². The lowest BCUT2D eigenvalue weighted by Crippen LogP contribution is -1.94. The van der Waals surface area contributed by atoms with Crippen LogP contribution >= 0.6 is 0 Å². The molecule has 2 aromatic heterocycles. The van der Waals surface area contributed by atoms with Crippen molar-refractivity contribution >= 4 is 11.0 Å². The summed E-state index contributed by atoms with van der Waals surface area (Å²) in [5, 5.41) is 5.97. The number of hydrogen-bond acceptors (Lipinski definition) is 4. The number of rotatable bonds is 1. The average Bonchev–Trinajstić information content (AvgIpc) is 2.84. The number of aromatic amines is 1. The molecule has 16 heavy (non-hydrogen) atoms. The first-order valence-electron chi connectivity index (χ1n) is 4.73. The molecule has 6 heteroatoms. The largest absolute Gasteiger partial charge is 0.434 e. The van der Waals surface area contributed by atoms with E-state index >= 15 is 0 Å². The van der Waals surface area contributed by atoms with E-state index in [1.165, 1.54) is 0 Å². The van der Waals surface area contributed by atoms with Gasteiger partial charge in [0.2, 0.25) is 0 Å². The zero-order chi connectivity index (χ0) is 11.1. The summed E-state index contributed by atoms with van der Waals surface area (Å²) in [4.78, 5) is 15.2. The highest BCUT2D eigenvalue weighted by Gasteiger charge is 2.13. The molecule has 0 spiro atoms. The summed E-state index contributed by atoms with van der Waals surface area (Å²) in [5.41, 5.74) is 1.80. The predicted molar refractivity (Wildman–Crippen MR) is 56.8 cm³/mol. The van der Waals surface area contributed by atoms with Crippen molar-refractivity contribution in [2.45, 2.75) is 0 Å². The van der Waals surface area contributed by atoms with Crippen molar-refractivity contribution in [3.8, 4) is 11.7 Å². The molecule has 0 saturated carbocycles. The molecule has 0 saturated heterocycles. The summed E-state index contributed by atoms with van der Waals surface area (Å²) in [6.45, 7) is 0. The minimum atomic E-state index is -0.581. The molecule has 0 aliphatic heterocycles. The maximum atomic E-state index is 10.9. The Kier molecular flexibility index (Phi) is 1.70. The second kappa shape index (κ2) is 3.06. The molecule has 3 rings (SSSR count). The van der Waals surface area contributed by atoms with Gasteiger partial charge in [-0.1, -0.05) is 12.1 Å². The molecule has 1 aromatic carbocycles. The van der Waals surface area contributed by atoms with Crippen LogP contribution < -0.4 is 5.76 Å². The van der Waals surface area contributed by atoms with Crippen LogP contribution in [0.15, 0.2) is 33.5 Å². The van der Waals surface area contributed by atoms with Gasteiger partial charge in [-0.3, -0.25) is 0 Å². The highest BCUT2D eigenvalue weighted by Crippen LogP contribution is 2.20. The third-order valence-electron chi connectivity index (χ3n) is 2.42. The summed E-state index contributed by atoms with van der Waals surface area (Å²) in [6, 6.07) is 7.66. The third-order valence-corrected chi connectivity index (χ3v) is 2.42. The van der Waals surface area contributed by atoms with Gasteiger partial charge in [-0.15, -0.1) is 5.10 Å². The highest BCUT2D eigenvalue weighted by molar-refractivity contribution is 5.78. The second-order valence-electron chi connectivity index (χ2n) is 3.40. The summed E-state index contributed by atoms with van der Waals surface area (Å²) in [5.74, 6) is 0.144. The topological polar surface area (TPSA) is 76.7 Å². The molecule has 0 radical (unpaired) electrons. The lowest BCUT2D eigenvalue weighted by Gasteiger charge is -1.95. The summed E-state index contributed by atoms with van der Waals surface area (Å²) in [7, 11) is 1.85. The van der Waals surface area contributed by atoms with Gasteiger partial charge in [-0.2, -0.15) is 0 Å². The van der Waals surface area contributed by atoms with E-state index in [0.29, 0.717) is 5.82 Å². The summed E-state index contributed by atoms with van der Waals surface area (Å²) in [6.07, 6.45) is 0. The number of hydrogen-bond donors (Lipinski definition) is 1. The minimum absolute atomic E-state index is 0.198. The van der Waals surface area contributed by atoms with Crippen molar-refractivity contribution in [1.29, 1.82) is 0 Å². The third kappa shape index (κ3) is 1.16. The van der Waals surface area contributed by atoms with Crippen molar-refractivity contribution < 1.29 is 4.42 Å². The Labute approximate surface area is 89.5 Å². The maximum absolute atomic E-state index is 10.9. The molecule has 0 fully saturated rings. The Bertz CT molecular complexity index is 707. The van der Waals surface area contributed by atoms with Crippen LogP contribution in [0.3, 0.4) is 0 Å². The molecular weight excluding hydrogens is 208 g/mol. The number of H-pyrrole nitrogens is 1. The van der Waals surface area contributed by atoms with E-state index in [9.17, 15) is 4.79 Å². The Balaban J connectivity index is 2.32. The number of aryl methyl sites for hydroxylation is 1. The Morgan fingerprint density at radius 2 is 2.19 bits per heavy atom. The molecule has 3 aromatic rings. The minimum Gasteiger partial charge on any atom is -0.384 e. The molecule has 0 amide bonds. The fourth-order valence-electron chi connectivity index (χ4n) is 1.66. The van der Waals surface area contributed by atoms with Gasteiger partial charge in [-0.25, -0.2) is 14.9 Å². The van der Waals surface area contributed by atoms with E-state index in [2.05, 4.69) is 15.2 Å². The fraction of sp³-hybridized carbons (Fsp3) is 0.100. The van der Waals surface area contributed by atoms with Crippen LogP contribution in [0.5, 0.6) is 0 Å². The van der Waals surface area contributed by atoms with E-state index < -0.39 is 5.76 Å². The molecular formula is C10H8N4O2. The molecule has 0 atom stereocenters. The zero-order valence-electron chi connectivity index (χ0n) is 8.47. The average molecular weight is 216 g/mol. The second-order valence-corrected chi connectivity index (χ2v) is 3.40. The van der Waals surface area contributed by atoms with Crippen LogP contribution in [0.1, 0.15) is 0 Å². The van der Waals surface area contributed by atoms with Crippen LogP contribution in [0.4, 0.5) is 0 Å². The Hall–Kier alpha value is -2.37. The zero-order valence-corrected chi connectivity index (χ0v) is 8.47. The van der Waals surface area contributed by atoms with Gasteiger partial charge in [0.1, 0.15) is 0 Å². The van der Waals surface area contributed by atoms with Gasteiger partial charge >= 0.3 is 5.76 Å². The smallest absolute Gasteiger partial charge is 0.384 e. The monoisotopic (exact) mass is 216 g/mol. The highest BCUT2D eigenvalue weighted by atomic mass is 16.4. The number of para-hydroxylation sites is 2. The lowest BCUT2D eigenvalue weighted by atomic mass is 10.3. The van der Waals surface area contributed by atoms with Crippen LogP contribution in [0.25, 0.3) is 22.7 Å². The molecule has 0 unspecified atom stereocenters. The van der Waals surface area contributed by atoms with Crippen LogP contribution in [0.2, 0.25) is 0 Å². The van der Waals surface area contributed by atoms with Gasteiger partial charge in [-0.05, 0) is 12.1 Å². The van der Waals surface area contributed by atoms with Crippen molar-refractivity contribution in [1.82, 2.24) is 19.7 Å². The van der Waals surface area contributed by atoms with Gasteiger partial charge in [0, 0.05) is 7.05 Å². The number of imidazole rings is 1. The van der Waals surface area contributed by atoms with Gasteiger partial charge < -0.3 is 8.98 Å². The standard InChI is InChI=1S/C10H8N4O2/c1-14-7-5-3-2-4-6(7)11-8(14)9-12-13-10(15)16-9/h2-5H,1H3,(H,13,15). The first kappa shape index (κ1) is 8.90. The summed E-state index contributed by atoms with van der Waals surface area (Å²) < 4.78 is 6.70. The Morgan fingerprint density at radius 3 is 2.88 bits per heavy atom. The quantitative estimate of drug-likeness (QED) is 0.656. The Morgan fingerprint density at radius 1 is 1.38 bits per heavy atom. The van der Waals surface area contributed by atoms with Crippen molar-refractivity contribution in [2.24, 2.45) is 7.05 Å². The number of nitrogens with zero attached hydrogens (tertiary/aromatic N) is 3. The van der Waals surface area contributed by atoms with Crippen molar-refractivity contribution in [3.05, 3.63) is 34.8 Å². The molecule has 80 valence electrons. The first-order valence-corrected chi connectivity index (χ1v) is 4.73. The SMILES string of the molecule is Cn1c(-c2n[nH]c(=O)o2)nc2ccccc21. The molecule has 0 bridgehead atoms. The molecule has 1 N–H and O–H groups in total. The maximum Gasteiger partial charge on any atom is 0.434 e. The lowest BCUT2D eigenvalue weighted by molar-refractivity contribution is 0.521. The van der Waals surface area contributed by atoms with Gasteiger partial charge in [0.15, 0.2) is 5.82 Å². The molecule has 0 aliphatic carbocycles. The first-order chi connectivity index (χ1) is 7.75. The predicted octanol–water partition coefficient (Wildman–Crippen LogP) is 0.917. The fourth-order valence-corrected chi connectivity index (χ4v) is 1.66. The van der Waals surface area contributed by atoms with E-state index in [4.69, 9.17) is 4.42 Å². The molecule has 0 aliphatic rings. The molecule has 6 nitrogen and oxygen atoms in total. The van der Waals surface area contributed by atoms with Crippen molar-refractivity contribution in [3.63, 3.8) is 0 Å².